The molecule has 0 aliphatic rings. The number of amides is 1. The summed E-state index contributed by atoms with van der Waals surface area (Å²) in [6.07, 6.45) is 4.26. The average molecular weight is 256 g/mol. The van der Waals surface area contributed by atoms with Crippen LogP contribution in [0.2, 0.25) is 0 Å². The van der Waals surface area contributed by atoms with E-state index in [4.69, 9.17) is 5.73 Å². The van der Waals surface area contributed by atoms with E-state index in [-0.39, 0.29) is 5.91 Å². The fraction of sp³-hybridized carbons (Fsp3) is 0.417. The number of benzene rings is 1. The minimum absolute atomic E-state index is 0.118. The molecule has 0 heterocycles. The lowest BCUT2D eigenvalue weighted by molar-refractivity contribution is 0.0954. The van der Waals surface area contributed by atoms with Gasteiger partial charge >= 0.3 is 0 Å². The lowest BCUT2D eigenvalue weighted by Gasteiger charge is -2.11. The number of hydrogen-bond donors (Lipinski definition) is 3. The van der Waals surface area contributed by atoms with Crippen molar-refractivity contribution < 1.29 is 9.00 Å². The van der Waals surface area contributed by atoms with Gasteiger partial charge in [0.25, 0.3) is 5.91 Å². The molecule has 4 nitrogen and oxygen atoms in total. The number of rotatable bonds is 5. The molecule has 96 valence electrons. The molecule has 0 atom stereocenters. The van der Waals surface area contributed by atoms with Crippen molar-refractivity contribution in [3.05, 3.63) is 29.8 Å². The summed E-state index contributed by atoms with van der Waals surface area (Å²) in [5.41, 5.74) is 6.76. The van der Waals surface area contributed by atoms with Gasteiger partial charge in [0.15, 0.2) is 0 Å². The molecule has 1 amide bonds. The number of carbonyl (C=O) groups is 1. The van der Waals surface area contributed by atoms with E-state index in [0.29, 0.717) is 23.5 Å². The minimum atomic E-state index is -1.97. The molecule has 0 aromatic heterocycles. The highest BCUT2D eigenvalue weighted by atomic mass is 32.2. The maximum atomic E-state index is 11.7. The van der Waals surface area contributed by atoms with Crippen LogP contribution in [0.25, 0.3) is 0 Å². The third-order valence-electron chi connectivity index (χ3n) is 2.33. The second-order valence-electron chi connectivity index (χ2n) is 4.53. The van der Waals surface area contributed by atoms with E-state index in [1.807, 2.05) is 0 Å². The minimum Gasteiger partial charge on any atom is -0.399 e. The fourth-order valence-electron chi connectivity index (χ4n) is 1.40. The molecule has 0 aliphatic carbocycles. The molecule has 0 radical (unpaired) electrons. The Labute approximate surface area is 103 Å². The summed E-state index contributed by atoms with van der Waals surface area (Å²) in [5, 5.41) is 2.79. The predicted molar refractivity (Wildman–Crippen MR) is 74.1 cm³/mol. The van der Waals surface area contributed by atoms with E-state index in [9.17, 15) is 9.00 Å². The monoisotopic (exact) mass is 256 g/mol. The number of nitrogens with two attached hydrogens (primary N) is 1. The number of nitrogens with one attached hydrogen (secondary N) is 1. The lowest BCUT2D eigenvalue weighted by atomic mass is 10.2. The van der Waals surface area contributed by atoms with Crippen LogP contribution < -0.4 is 11.1 Å². The van der Waals surface area contributed by atoms with Crippen LogP contribution in [-0.2, 0) is 9.93 Å². The zero-order valence-corrected chi connectivity index (χ0v) is 11.2. The molecular formula is C12H20N2O2S. The molecule has 0 fully saturated rings. The van der Waals surface area contributed by atoms with Gasteiger partial charge in [-0.05, 0) is 43.2 Å². The highest BCUT2D eigenvalue weighted by Gasteiger charge is 2.05. The third kappa shape index (κ3) is 5.49. The molecule has 0 unspecified atom stereocenters. The van der Waals surface area contributed by atoms with Crippen molar-refractivity contribution in [2.24, 2.45) is 0 Å². The molecule has 3 N–H and O–H groups in total. The van der Waals surface area contributed by atoms with E-state index in [1.165, 1.54) is 0 Å². The molecule has 5 heteroatoms. The van der Waals surface area contributed by atoms with Gasteiger partial charge in [0.05, 0.1) is 0 Å². The molecule has 0 saturated heterocycles. The van der Waals surface area contributed by atoms with E-state index < -0.39 is 9.93 Å². The van der Waals surface area contributed by atoms with Crippen molar-refractivity contribution in [1.29, 1.82) is 0 Å². The highest BCUT2D eigenvalue weighted by molar-refractivity contribution is 8.01. The number of carbonyl (C=O) groups excluding carboxylic acids is 1. The first-order chi connectivity index (χ1) is 7.88. The second kappa shape index (κ2) is 5.82. The summed E-state index contributed by atoms with van der Waals surface area (Å²) in [7, 11) is -1.97. The second-order valence-corrected chi connectivity index (χ2v) is 8.12. The van der Waals surface area contributed by atoms with Crippen LogP contribution in [0.15, 0.2) is 24.3 Å². The zero-order chi connectivity index (χ0) is 12.9. The van der Waals surface area contributed by atoms with Gasteiger partial charge in [-0.25, -0.2) is 0 Å². The molecule has 0 saturated carbocycles. The van der Waals surface area contributed by atoms with Gasteiger partial charge in [0.2, 0.25) is 0 Å². The standard InChI is InChI=1S/C12H20N2O2S/c1-17(2,16)9-3-8-14-12(15)10-4-6-11(13)7-5-10/h4-7,17H,3,8-9,13H2,1-2H3,(H,14,15). The maximum absolute atomic E-state index is 11.7. The van der Waals surface area contributed by atoms with Crippen molar-refractivity contribution in [3.8, 4) is 0 Å². The molecule has 1 rings (SSSR count). The normalized spacial score (nSPS) is 12.1. The first kappa shape index (κ1) is 13.7. The summed E-state index contributed by atoms with van der Waals surface area (Å²) < 4.78 is 11.4. The smallest absolute Gasteiger partial charge is 0.251 e. The van der Waals surface area contributed by atoms with Crippen molar-refractivity contribution in [1.82, 2.24) is 5.32 Å². The van der Waals surface area contributed by atoms with Crippen molar-refractivity contribution >= 4 is 21.5 Å². The Morgan fingerprint density at radius 1 is 1.29 bits per heavy atom. The van der Waals surface area contributed by atoms with Gasteiger partial charge in [0.1, 0.15) is 0 Å². The summed E-state index contributed by atoms with van der Waals surface area (Å²) >= 11 is 0. The quantitative estimate of drug-likeness (QED) is 0.412. The first-order valence-electron chi connectivity index (χ1n) is 5.56. The topological polar surface area (TPSA) is 72.2 Å². The van der Waals surface area contributed by atoms with Crippen LogP contribution in [0.1, 0.15) is 16.8 Å². The Morgan fingerprint density at radius 3 is 2.41 bits per heavy atom. The number of hydrogen-bond acceptors (Lipinski definition) is 3. The van der Waals surface area contributed by atoms with Gasteiger partial charge in [-0.2, -0.15) is 0 Å². The van der Waals surface area contributed by atoms with Crippen LogP contribution in [0.4, 0.5) is 5.69 Å². The van der Waals surface area contributed by atoms with E-state index in [2.05, 4.69) is 5.32 Å². The Bertz CT molecular complexity index is 423. The van der Waals surface area contributed by atoms with Gasteiger partial charge < -0.3 is 11.1 Å². The molecule has 0 aliphatic heterocycles. The highest BCUT2D eigenvalue weighted by Crippen LogP contribution is 2.05. The molecule has 1 aromatic rings. The van der Waals surface area contributed by atoms with Gasteiger partial charge in [-0.1, -0.05) is 0 Å². The van der Waals surface area contributed by atoms with E-state index in [1.54, 1.807) is 36.8 Å². The largest absolute Gasteiger partial charge is 0.399 e. The molecule has 0 spiro atoms. The summed E-state index contributed by atoms with van der Waals surface area (Å²) in [6.45, 7) is 0.550. The maximum Gasteiger partial charge on any atom is 0.251 e. The predicted octanol–water partition coefficient (Wildman–Crippen LogP) is 0.665. The third-order valence-corrected chi connectivity index (χ3v) is 3.73. The Kier molecular flexibility index (Phi) is 4.69. The SMILES string of the molecule is C[SH](C)(=O)CCCNC(=O)c1ccc(N)cc1. The first-order valence-corrected chi connectivity index (χ1v) is 8.35. The average Bonchev–Trinajstić information content (AvgIpc) is 2.24. The van der Waals surface area contributed by atoms with Crippen molar-refractivity contribution in [2.45, 2.75) is 6.42 Å². The number of nitrogen functional groups attached to an aromatic ring is 1. The Morgan fingerprint density at radius 2 is 1.88 bits per heavy atom. The van der Waals surface area contributed by atoms with Crippen LogP contribution in [0.3, 0.4) is 0 Å². The van der Waals surface area contributed by atoms with Crippen LogP contribution >= 0.6 is 0 Å². The fourth-order valence-corrected chi connectivity index (χ4v) is 2.32. The molecule has 0 bridgehead atoms. The number of anilines is 1. The molecular weight excluding hydrogens is 236 g/mol. The van der Waals surface area contributed by atoms with Gasteiger partial charge in [0, 0.05) is 23.5 Å². The van der Waals surface area contributed by atoms with Gasteiger partial charge in [-0.15, -0.1) is 9.93 Å². The van der Waals surface area contributed by atoms with Crippen LogP contribution in [0, 0.1) is 0 Å². The molecule has 1 aromatic carbocycles. The Hall–Kier alpha value is -1.36. The number of thiol groups is 1. The van der Waals surface area contributed by atoms with Crippen LogP contribution in [-0.4, -0.2) is 34.9 Å². The van der Waals surface area contributed by atoms with Crippen molar-refractivity contribution in [3.63, 3.8) is 0 Å². The van der Waals surface area contributed by atoms with E-state index >= 15 is 0 Å². The summed E-state index contributed by atoms with van der Waals surface area (Å²) in [5.74, 6) is 0.543. The Balaban J connectivity index is 2.35. The summed E-state index contributed by atoms with van der Waals surface area (Å²) in [4.78, 5) is 11.7. The summed E-state index contributed by atoms with van der Waals surface area (Å²) in [6, 6.07) is 6.77. The van der Waals surface area contributed by atoms with Crippen LogP contribution in [0.5, 0.6) is 0 Å². The zero-order valence-electron chi connectivity index (χ0n) is 10.3. The molecule has 17 heavy (non-hydrogen) atoms. The van der Waals surface area contributed by atoms with E-state index in [0.717, 1.165) is 6.42 Å². The lowest BCUT2D eigenvalue weighted by Crippen LogP contribution is -2.26. The van der Waals surface area contributed by atoms with Crippen molar-refractivity contribution in [2.75, 3.05) is 30.5 Å². The van der Waals surface area contributed by atoms with Gasteiger partial charge in [-0.3, -0.25) is 9.00 Å².